The fourth-order valence-electron chi connectivity index (χ4n) is 3.78. The molecule has 0 spiro atoms. The van der Waals surface area contributed by atoms with Crippen LogP contribution in [0.1, 0.15) is 28.8 Å². The maximum Gasteiger partial charge on any atom is 0.263 e. The van der Waals surface area contributed by atoms with Crippen LogP contribution >= 0.6 is 11.6 Å². The largest absolute Gasteiger partial charge is 0.352 e. The van der Waals surface area contributed by atoms with Gasteiger partial charge in [-0.05, 0) is 55.7 Å². The van der Waals surface area contributed by atoms with E-state index in [2.05, 4.69) is 15.3 Å². The molecule has 1 N–H and O–H groups in total. The Kier molecular flexibility index (Phi) is 6.10. The van der Waals surface area contributed by atoms with Gasteiger partial charge in [0.05, 0.1) is 17.4 Å². The average molecular weight is 450 g/mol. The lowest BCUT2D eigenvalue weighted by molar-refractivity contribution is -0.121. The summed E-state index contributed by atoms with van der Waals surface area (Å²) in [5, 5.41) is 4.03. The van der Waals surface area contributed by atoms with Gasteiger partial charge in [-0.1, -0.05) is 23.7 Å². The van der Waals surface area contributed by atoms with Gasteiger partial charge in [0.25, 0.3) is 5.56 Å². The van der Waals surface area contributed by atoms with Crippen molar-refractivity contribution in [2.75, 3.05) is 0 Å². The van der Waals surface area contributed by atoms with Crippen LogP contribution in [0.25, 0.3) is 16.7 Å². The molecule has 1 aromatic carbocycles. The first-order valence-electron chi connectivity index (χ1n) is 10.4. The van der Waals surface area contributed by atoms with Crippen LogP contribution in [0.4, 0.5) is 0 Å². The van der Waals surface area contributed by atoms with Crippen molar-refractivity contribution in [1.82, 2.24) is 24.4 Å². The molecule has 0 atom stereocenters. The summed E-state index contributed by atoms with van der Waals surface area (Å²) < 4.78 is 3.46. The molecule has 1 amide bonds. The molecule has 32 heavy (non-hydrogen) atoms. The zero-order valence-corrected chi connectivity index (χ0v) is 19.0. The van der Waals surface area contributed by atoms with Crippen molar-refractivity contribution >= 4 is 28.5 Å². The molecule has 7 nitrogen and oxygen atoms in total. The number of nitrogens with one attached hydrogen (secondary N) is 1. The highest BCUT2D eigenvalue weighted by molar-refractivity contribution is 6.30. The van der Waals surface area contributed by atoms with Gasteiger partial charge < -0.3 is 5.32 Å². The third-order valence-corrected chi connectivity index (χ3v) is 5.92. The fourth-order valence-corrected chi connectivity index (χ4v) is 3.94. The lowest BCUT2D eigenvalue weighted by atomic mass is 10.2. The molecule has 0 fully saturated rings. The highest BCUT2D eigenvalue weighted by Gasteiger charge is 2.19. The summed E-state index contributed by atoms with van der Waals surface area (Å²) in [6.07, 6.45) is 5.08. The number of fused-ring (bicyclic) bond motifs is 1. The molecule has 0 bridgehead atoms. The number of pyridine rings is 1. The van der Waals surface area contributed by atoms with Crippen LogP contribution < -0.4 is 10.9 Å². The van der Waals surface area contributed by atoms with Crippen LogP contribution in [-0.2, 0) is 17.9 Å². The van der Waals surface area contributed by atoms with E-state index < -0.39 is 0 Å². The molecule has 3 heterocycles. The lowest BCUT2D eigenvalue weighted by Crippen LogP contribution is -2.27. The molecular weight excluding hydrogens is 426 g/mol. The summed E-state index contributed by atoms with van der Waals surface area (Å²) in [4.78, 5) is 34.1. The van der Waals surface area contributed by atoms with E-state index in [1.165, 1.54) is 10.9 Å². The molecule has 4 aromatic rings. The maximum absolute atomic E-state index is 13.2. The number of hydrogen-bond acceptors (Lipinski definition) is 4. The molecular formula is C24H24ClN5O2. The van der Waals surface area contributed by atoms with E-state index in [9.17, 15) is 9.59 Å². The average Bonchev–Trinajstić information content (AvgIpc) is 3.05. The second kappa shape index (κ2) is 8.96. The first kappa shape index (κ1) is 21.8. The molecule has 0 unspecified atom stereocenters. The van der Waals surface area contributed by atoms with Gasteiger partial charge in [-0.2, -0.15) is 0 Å². The Morgan fingerprint density at radius 1 is 1.19 bits per heavy atom. The number of aryl methyl sites for hydroxylation is 3. The number of benzene rings is 1. The molecule has 0 aliphatic heterocycles. The number of carbonyl (C=O) groups excluding carboxylic acids is 1. The summed E-state index contributed by atoms with van der Waals surface area (Å²) in [7, 11) is 0. The molecule has 0 aliphatic carbocycles. The van der Waals surface area contributed by atoms with E-state index >= 15 is 0 Å². The predicted molar refractivity (Wildman–Crippen MR) is 125 cm³/mol. The van der Waals surface area contributed by atoms with Crippen molar-refractivity contribution in [3.63, 3.8) is 0 Å². The van der Waals surface area contributed by atoms with E-state index in [0.29, 0.717) is 22.6 Å². The SMILES string of the molecule is Cc1ccc(Cl)cc1-n1c(C)c(C)c2c(=O)n(CCC(=O)NCc3cccnc3)cnc21. The Morgan fingerprint density at radius 2 is 2.00 bits per heavy atom. The standard InChI is InChI=1S/C24H24ClN5O2/c1-15-6-7-19(25)11-20(15)30-17(3)16(2)22-23(30)28-14-29(24(22)32)10-8-21(31)27-13-18-5-4-9-26-12-18/h4-7,9,11-12,14H,8,10,13H2,1-3H3,(H,27,31). The van der Waals surface area contributed by atoms with Gasteiger partial charge in [0.15, 0.2) is 5.65 Å². The molecule has 164 valence electrons. The van der Waals surface area contributed by atoms with Crippen molar-refractivity contribution in [3.8, 4) is 5.69 Å². The topological polar surface area (TPSA) is 81.8 Å². The Bertz CT molecular complexity index is 1360. The molecule has 4 rings (SSSR count). The maximum atomic E-state index is 13.2. The summed E-state index contributed by atoms with van der Waals surface area (Å²) in [6, 6.07) is 9.39. The summed E-state index contributed by atoms with van der Waals surface area (Å²) in [5.41, 5.74) is 5.08. The Hall–Kier alpha value is -3.45. The first-order chi connectivity index (χ1) is 15.4. The van der Waals surface area contributed by atoms with Crippen LogP contribution in [0, 0.1) is 20.8 Å². The highest BCUT2D eigenvalue weighted by atomic mass is 35.5. The number of amides is 1. The zero-order chi connectivity index (χ0) is 22.8. The van der Waals surface area contributed by atoms with Crippen molar-refractivity contribution in [1.29, 1.82) is 0 Å². The zero-order valence-electron chi connectivity index (χ0n) is 18.2. The van der Waals surface area contributed by atoms with Crippen molar-refractivity contribution in [2.24, 2.45) is 0 Å². The molecule has 8 heteroatoms. The molecule has 0 saturated carbocycles. The minimum absolute atomic E-state index is 0.138. The molecule has 0 saturated heterocycles. The molecule has 3 aromatic heterocycles. The van der Waals surface area contributed by atoms with E-state index in [1.807, 2.05) is 55.7 Å². The molecule has 0 radical (unpaired) electrons. The smallest absolute Gasteiger partial charge is 0.263 e. The van der Waals surface area contributed by atoms with Crippen LogP contribution in [0.5, 0.6) is 0 Å². The summed E-state index contributed by atoms with van der Waals surface area (Å²) in [5.74, 6) is -0.138. The van der Waals surface area contributed by atoms with Crippen LogP contribution in [-0.4, -0.2) is 25.0 Å². The second-order valence-electron chi connectivity index (χ2n) is 7.81. The van der Waals surface area contributed by atoms with E-state index in [1.54, 1.807) is 12.4 Å². The number of rotatable bonds is 6. The minimum Gasteiger partial charge on any atom is -0.352 e. The van der Waals surface area contributed by atoms with E-state index in [0.717, 1.165) is 28.1 Å². The van der Waals surface area contributed by atoms with E-state index in [4.69, 9.17) is 11.6 Å². The normalized spacial score (nSPS) is 11.1. The fraction of sp³-hybridized carbons (Fsp3) is 0.250. The van der Waals surface area contributed by atoms with Crippen molar-refractivity contribution in [2.45, 2.75) is 40.3 Å². The van der Waals surface area contributed by atoms with Crippen LogP contribution in [0.2, 0.25) is 5.02 Å². The lowest BCUT2D eigenvalue weighted by Gasteiger charge is -2.12. The van der Waals surface area contributed by atoms with Crippen molar-refractivity contribution in [3.05, 3.63) is 86.8 Å². The van der Waals surface area contributed by atoms with Crippen molar-refractivity contribution < 1.29 is 4.79 Å². The van der Waals surface area contributed by atoms with Gasteiger partial charge in [0.2, 0.25) is 5.91 Å². The predicted octanol–water partition coefficient (Wildman–Crippen LogP) is 3.87. The van der Waals surface area contributed by atoms with Gasteiger partial charge in [-0.25, -0.2) is 4.98 Å². The number of halogens is 1. The summed E-state index contributed by atoms with van der Waals surface area (Å²) in [6.45, 7) is 6.53. The van der Waals surface area contributed by atoms with E-state index in [-0.39, 0.29) is 24.4 Å². The van der Waals surface area contributed by atoms with Gasteiger partial charge in [0, 0.05) is 42.6 Å². The Morgan fingerprint density at radius 3 is 2.75 bits per heavy atom. The van der Waals surface area contributed by atoms with Crippen LogP contribution in [0.15, 0.2) is 53.8 Å². The van der Waals surface area contributed by atoms with Gasteiger partial charge in [0.1, 0.15) is 0 Å². The Balaban J connectivity index is 1.59. The minimum atomic E-state index is -0.158. The summed E-state index contributed by atoms with van der Waals surface area (Å²) >= 11 is 6.23. The van der Waals surface area contributed by atoms with Gasteiger partial charge in [-0.3, -0.25) is 23.7 Å². The number of carbonyl (C=O) groups is 1. The number of hydrogen-bond donors (Lipinski definition) is 1. The monoisotopic (exact) mass is 449 g/mol. The quantitative estimate of drug-likeness (QED) is 0.484. The molecule has 0 aliphatic rings. The third kappa shape index (κ3) is 4.16. The Labute approximate surface area is 190 Å². The van der Waals surface area contributed by atoms with Gasteiger partial charge in [-0.15, -0.1) is 0 Å². The first-order valence-corrected chi connectivity index (χ1v) is 10.7. The number of aromatic nitrogens is 4. The van der Waals surface area contributed by atoms with Crippen LogP contribution in [0.3, 0.4) is 0 Å². The van der Waals surface area contributed by atoms with Gasteiger partial charge >= 0.3 is 0 Å². The highest BCUT2D eigenvalue weighted by Crippen LogP contribution is 2.28. The second-order valence-corrected chi connectivity index (χ2v) is 8.24. The third-order valence-electron chi connectivity index (χ3n) is 5.69. The number of nitrogens with zero attached hydrogens (tertiary/aromatic N) is 4.